The van der Waals surface area contributed by atoms with E-state index in [0.29, 0.717) is 18.0 Å². The lowest BCUT2D eigenvalue weighted by Crippen LogP contribution is -2.51. The minimum absolute atomic E-state index is 0.266. The number of rotatable bonds is 5. The molecule has 134 valence electrons. The third kappa shape index (κ3) is 4.55. The van der Waals surface area contributed by atoms with Crippen molar-refractivity contribution in [3.63, 3.8) is 0 Å². The Hall–Kier alpha value is -1.45. The molecule has 0 aliphatic carbocycles. The fourth-order valence-corrected chi connectivity index (χ4v) is 4.36. The molecule has 1 aliphatic rings. The van der Waals surface area contributed by atoms with Gasteiger partial charge in [0.15, 0.2) is 6.61 Å². The van der Waals surface area contributed by atoms with Crippen molar-refractivity contribution in [3.8, 4) is 0 Å². The highest BCUT2D eigenvalue weighted by Gasteiger charge is 2.26. The fourth-order valence-electron chi connectivity index (χ4n) is 2.53. The number of amides is 1. The number of esters is 1. The molecule has 9 heteroatoms. The van der Waals surface area contributed by atoms with E-state index in [-0.39, 0.29) is 25.6 Å². The van der Waals surface area contributed by atoms with Crippen LogP contribution in [0.5, 0.6) is 0 Å². The van der Waals surface area contributed by atoms with Gasteiger partial charge in [-0.05, 0) is 25.0 Å². The minimum atomic E-state index is -3.23. The van der Waals surface area contributed by atoms with Crippen LogP contribution in [0.15, 0.2) is 6.07 Å². The summed E-state index contributed by atoms with van der Waals surface area (Å²) in [6.45, 7) is 4.79. The van der Waals surface area contributed by atoms with Crippen LogP contribution in [0.25, 0.3) is 0 Å². The van der Waals surface area contributed by atoms with Crippen LogP contribution >= 0.6 is 11.3 Å². The second-order valence-corrected chi connectivity index (χ2v) is 8.81. The lowest BCUT2D eigenvalue weighted by molar-refractivity contribution is -0.135. The summed E-state index contributed by atoms with van der Waals surface area (Å²) >= 11 is 1.39. The van der Waals surface area contributed by atoms with Crippen molar-refractivity contribution in [3.05, 3.63) is 21.4 Å². The zero-order valence-corrected chi connectivity index (χ0v) is 15.7. The molecule has 0 spiro atoms. The van der Waals surface area contributed by atoms with Crippen molar-refractivity contribution < 1.29 is 22.7 Å². The maximum atomic E-state index is 12.1. The molecular formula is C15H22N2O5S2. The Morgan fingerprint density at radius 3 is 2.38 bits per heavy atom. The lowest BCUT2D eigenvalue weighted by atomic mass is 10.2. The number of nitrogens with zero attached hydrogens (tertiary/aromatic N) is 2. The summed E-state index contributed by atoms with van der Waals surface area (Å²) < 4.78 is 29.3. The van der Waals surface area contributed by atoms with Gasteiger partial charge in [-0.15, -0.1) is 11.3 Å². The number of ether oxygens (including phenoxy) is 1. The van der Waals surface area contributed by atoms with Gasteiger partial charge in [-0.2, -0.15) is 4.31 Å². The molecule has 1 aromatic rings. The first kappa shape index (κ1) is 18.9. The third-order valence-corrected chi connectivity index (χ3v) is 6.59. The SMILES string of the molecule is CCc1sc(C(=O)OCC(=O)N2CCN(S(C)(=O)=O)CC2)cc1C. The van der Waals surface area contributed by atoms with E-state index in [0.717, 1.165) is 23.1 Å². The van der Waals surface area contributed by atoms with E-state index in [1.807, 2.05) is 13.8 Å². The van der Waals surface area contributed by atoms with Gasteiger partial charge in [0.25, 0.3) is 5.91 Å². The highest BCUT2D eigenvalue weighted by atomic mass is 32.2. The predicted octanol–water partition coefficient (Wildman–Crippen LogP) is 0.880. The number of aryl methyl sites for hydroxylation is 2. The normalized spacial score (nSPS) is 16.2. The van der Waals surface area contributed by atoms with Gasteiger partial charge in [0.1, 0.15) is 4.88 Å². The van der Waals surface area contributed by atoms with Crippen LogP contribution < -0.4 is 0 Å². The number of hydrogen-bond acceptors (Lipinski definition) is 6. The molecule has 1 aromatic heterocycles. The molecule has 24 heavy (non-hydrogen) atoms. The molecule has 0 saturated carbocycles. The third-order valence-electron chi connectivity index (χ3n) is 3.93. The maximum Gasteiger partial charge on any atom is 0.348 e. The van der Waals surface area contributed by atoms with Gasteiger partial charge in [-0.3, -0.25) is 4.79 Å². The molecule has 1 amide bonds. The Balaban J connectivity index is 1.84. The number of hydrogen-bond donors (Lipinski definition) is 0. The standard InChI is InChI=1S/C15H22N2O5S2/c1-4-12-11(2)9-13(23-12)15(19)22-10-14(18)16-5-7-17(8-6-16)24(3,20)21/h9H,4-8,10H2,1-3H3. The number of piperazine rings is 1. The van der Waals surface area contributed by atoms with Crippen molar-refractivity contribution in [2.45, 2.75) is 20.3 Å². The molecule has 0 atom stereocenters. The van der Waals surface area contributed by atoms with Gasteiger partial charge >= 0.3 is 5.97 Å². The first-order valence-electron chi connectivity index (χ1n) is 7.71. The summed E-state index contributed by atoms with van der Waals surface area (Å²) in [5.74, 6) is -0.800. The molecule has 2 rings (SSSR count). The summed E-state index contributed by atoms with van der Waals surface area (Å²) in [6, 6.07) is 1.78. The molecule has 0 N–H and O–H groups in total. The van der Waals surface area contributed by atoms with Gasteiger partial charge < -0.3 is 9.64 Å². The molecule has 1 saturated heterocycles. The first-order valence-corrected chi connectivity index (χ1v) is 10.4. The van der Waals surface area contributed by atoms with Crippen molar-refractivity contribution in [1.29, 1.82) is 0 Å². The zero-order chi connectivity index (χ0) is 17.9. The second-order valence-electron chi connectivity index (χ2n) is 5.69. The summed E-state index contributed by atoms with van der Waals surface area (Å²) in [5.41, 5.74) is 1.05. The molecule has 0 unspecified atom stereocenters. The molecule has 7 nitrogen and oxygen atoms in total. The topological polar surface area (TPSA) is 84.0 Å². The van der Waals surface area contributed by atoms with Crippen LogP contribution in [0.3, 0.4) is 0 Å². The van der Waals surface area contributed by atoms with Crippen molar-refractivity contribution in [2.75, 3.05) is 39.0 Å². The number of carbonyl (C=O) groups excluding carboxylic acids is 2. The highest BCUT2D eigenvalue weighted by Crippen LogP contribution is 2.23. The molecule has 0 radical (unpaired) electrons. The minimum Gasteiger partial charge on any atom is -0.451 e. The molecule has 1 fully saturated rings. The van der Waals surface area contributed by atoms with Crippen molar-refractivity contribution in [2.24, 2.45) is 0 Å². The van der Waals surface area contributed by atoms with E-state index < -0.39 is 16.0 Å². The molecule has 0 bridgehead atoms. The van der Waals surface area contributed by atoms with E-state index in [4.69, 9.17) is 4.74 Å². The average molecular weight is 374 g/mol. The van der Waals surface area contributed by atoms with Crippen molar-refractivity contribution in [1.82, 2.24) is 9.21 Å². The fraction of sp³-hybridized carbons (Fsp3) is 0.600. The summed E-state index contributed by atoms with van der Waals surface area (Å²) in [5, 5.41) is 0. The van der Waals surface area contributed by atoms with E-state index in [9.17, 15) is 18.0 Å². The zero-order valence-electron chi connectivity index (χ0n) is 14.1. The predicted molar refractivity (Wildman–Crippen MR) is 91.7 cm³/mol. The largest absolute Gasteiger partial charge is 0.451 e. The monoisotopic (exact) mass is 374 g/mol. The second kappa shape index (κ2) is 7.62. The molecule has 1 aliphatic heterocycles. The van der Waals surface area contributed by atoms with Gasteiger partial charge in [-0.1, -0.05) is 6.92 Å². The van der Waals surface area contributed by atoms with Crippen LogP contribution in [0.1, 0.15) is 27.0 Å². The number of carbonyl (C=O) groups is 2. The Labute approximate surface area is 146 Å². The maximum absolute atomic E-state index is 12.1. The average Bonchev–Trinajstić information content (AvgIpc) is 2.92. The smallest absolute Gasteiger partial charge is 0.348 e. The van der Waals surface area contributed by atoms with Crippen LogP contribution in [-0.2, 0) is 26.0 Å². The van der Waals surface area contributed by atoms with E-state index in [1.165, 1.54) is 20.5 Å². The van der Waals surface area contributed by atoms with Gasteiger partial charge in [-0.25, -0.2) is 13.2 Å². The van der Waals surface area contributed by atoms with Gasteiger partial charge in [0, 0.05) is 31.1 Å². The Kier molecular flexibility index (Phi) is 6.00. The molecule has 2 heterocycles. The van der Waals surface area contributed by atoms with Crippen molar-refractivity contribution >= 4 is 33.2 Å². The first-order chi connectivity index (χ1) is 11.2. The Bertz CT molecular complexity index is 718. The molecular weight excluding hydrogens is 352 g/mol. The van der Waals surface area contributed by atoms with Gasteiger partial charge in [0.2, 0.25) is 10.0 Å². The number of thiophene rings is 1. The van der Waals surface area contributed by atoms with E-state index >= 15 is 0 Å². The number of sulfonamides is 1. The lowest BCUT2D eigenvalue weighted by Gasteiger charge is -2.33. The van der Waals surface area contributed by atoms with Gasteiger partial charge in [0.05, 0.1) is 6.26 Å². The Morgan fingerprint density at radius 2 is 1.88 bits per heavy atom. The van der Waals surface area contributed by atoms with Crippen LogP contribution in [-0.4, -0.2) is 68.5 Å². The Morgan fingerprint density at radius 1 is 1.25 bits per heavy atom. The van der Waals surface area contributed by atoms with Crippen LogP contribution in [0.2, 0.25) is 0 Å². The van der Waals surface area contributed by atoms with E-state index in [2.05, 4.69) is 0 Å². The summed E-state index contributed by atoms with van der Waals surface area (Å²) in [7, 11) is -3.23. The highest BCUT2D eigenvalue weighted by molar-refractivity contribution is 7.88. The van der Waals surface area contributed by atoms with E-state index in [1.54, 1.807) is 6.07 Å². The summed E-state index contributed by atoms with van der Waals surface area (Å²) in [4.78, 5) is 27.3. The van der Waals surface area contributed by atoms with Crippen LogP contribution in [0, 0.1) is 6.92 Å². The van der Waals surface area contributed by atoms with Crippen LogP contribution in [0.4, 0.5) is 0 Å². The quantitative estimate of drug-likeness (QED) is 0.715. The summed E-state index contributed by atoms with van der Waals surface area (Å²) in [6.07, 6.45) is 2.01. The molecule has 0 aromatic carbocycles.